The van der Waals surface area contributed by atoms with E-state index in [1.165, 1.54) is 0 Å². The van der Waals surface area contributed by atoms with E-state index in [4.69, 9.17) is 25.8 Å². The molecule has 2 rings (SSSR count). The molecule has 0 bridgehead atoms. The molecule has 0 aliphatic carbocycles. The minimum atomic E-state index is -0.521. The van der Waals surface area contributed by atoms with E-state index in [1.54, 1.807) is 26.0 Å². The van der Waals surface area contributed by atoms with Gasteiger partial charge in [-0.25, -0.2) is 0 Å². The fraction of sp³-hybridized carbons (Fsp3) is 0.409. The molecule has 0 fully saturated rings. The van der Waals surface area contributed by atoms with Crippen molar-refractivity contribution in [1.29, 1.82) is 0 Å². The van der Waals surface area contributed by atoms with Crippen molar-refractivity contribution in [2.75, 3.05) is 26.5 Å². The molecule has 2 aromatic rings. The van der Waals surface area contributed by atoms with Gasteiger partial charge in [-0.05, 0) is 62.2 Å². The van der Waals surface area contributed by atoms with E-state index in [1.807, 2.05) is 56.3 Å². The van der Waals surface area contributed by atoms with Crippen LogP contribution in [0.15, 0.2) is 47.4 Å². The lowest BCUT2D eigenvalue weighted by molar-refractivity contribution is -0.129. The first-order chi connectivity index (χ1) is 13.9. The number of carbonyl (C=O) groups excluding carboxylic acids is 1. The van der Waals surface area contributed by atoms with Crippen LogP contribution in [-0.4, -0.2) is 44.6 Å². The quantitative estimate of drug-likeness (QED) is 0.520. The van der Waals surface area contributed by atoms with Gasteiger partial charge in [0.2, 0.25) is 5.91 Å². The monoisotopic (exact) mass is 437 g/mol. The topological polar surface area (TPSA) is 56.8 Å². The minimum absolute atomic E-state index is 0.0748. The summed E-state index contributed by atoms with van der Waals surface area (Å²) in [5.41, 5.74) is 1.06. The number of halogens is 1. The van der Waals surface area contributed by atoms with E-state index in [0.29, 0.717) is 35.2 Å². The zero-order chi connectivity index (χ0) is 21.2. The van der Waals surface area contributed by atoms with E-state index >= 15 is 0 Å². The molecule has 0 spiro atoms. The number of methoxy groups -OCH3 is 2. The Morgan fingerprint density at radius 2 is 1.83 bits per heavy atom. The van der Waals surface area contributed by atoms with Crippen molar-refractivity contribution >= 4 is 29.3 Å². The Hall–Kier alpha value is -1.89. The summed E-state index contributed by atoms with van der Waals surface area (Å²) >= 11 is 7.45. The smallest absolute Gasteiger partial charge is 0.250 e. The first-order valence-corrected chi connectivity index (χ1v) is 10.8. The van der Waals surface area contributed by atoms with Crippen molar-refractivity contribution in [3.05, 3.63) is 53.1 Å². The Kier molecular flexibility index (Phi) is 9.64. The molecule has 1 amide bonds. The normalized spacial score (nSPS) is 11.9. The molecular formula is C22H28ClNO4S. The number of carbonyl (C=O) groups is 1. The molecular weight excluding hydrogens is 410 g/mol. The average molecular weight is 438 g/mol. The summed E-state index contributed by atoms with van der Waals surface area (Å²) in [6, 6.07) is 13.3. The van der Waals surface area contributed by atoms with Crippen LogP contribution in [0.3, 0.4) is 0 Å². The van der Waals surface area contributed by atoms with Gasteiger partial charge in [0.25, 0.3) is 0 Å². The van der Waals surface area contributed by atoms with Crippen LogP contribution in [0.5, 0.6) is 11.5 Å². The van der Waals surface area contributed by atoms with Gasteiger partial charge < -0.3 is 19.5 Å². The maximum absolute atomic E-state index is 12.4. The summed E-state index contributed by atoms with van der Waals surface area (Å²) in [5, 5.41) is 3.63. The summed E-state index contributed by atoms with van der Waals surface area (Å²) in [6.07, 6.45) is 0.239. The van der Waals surface area contributed by atoms with Crippen molar-refractivity contribution in [3.8, 4) is 11.5 Å². The Labute approximate surface area is 182 Å². The highest BCUT2D eigenvalue weighted by Crippen LogP contribution is 2.29. The lowest BCUT2D eigenvalue weighted by atomic mass is 10.1. The van der Waals surface area contributed by atoms with Crippen LogP contribution in [0.2, 0.25) is 5.02 Å². The van der Waals surface area contributed by atoms with Crippen molar-refractivity contribution < 1.29 is 19.0 Å². The lowest BCUT2D eigenvalue weighted by Crippen LogP contribution is -2.38. The molecule has 0 saturated heterocycles. The number of rotatable bonds is 11. The summed E-state index contributed by atoms with van der Waals surface area (Å²) < 4.78 is 16.5. The van der Waals surface area contributed by atoms with Crippen LogP contribution in [0.4, 0.5) is 0 Å². The summed E-state index contributed by atoms with van der Waals surface area (Å²) in [7, 11) is 3.17. The Morgan fingerprint density at radius 1 is 1.10 bits per heavy atom. The molecule has 0 heterocycles. The largest absolute Gasteiger partial charge is 0.493 e. The van der Waals surface area contributed by atoms with Crippen LogP contribution in [0, 0.1) is 0 Å². The van der Waals surface area contributed by atoms with Crippen molar-refractivity contribution in [2.45, 2.75) is 37.4 Å². The average Bonchev–Trinajstić information content (AvgIpc) is 2.70. The van der Waals surface area contributed by atoms with E-state index < -0.39 is 6.10 Å². The van der Waals surface area contributed by atoms with Crippen LogP contribution in [-0.2, 0) is 16.0 Å². The number of hydrogen-bond acceptors (Lipinski definition) is 5. The molecule has 5 nitrogen and oxygen atoms in total. The highest BCUT2D eigenvalue weighted by atomic mass is 35.5. The third-order valence-corrected chi connectivity index (χ3v) is 5.42. The predicted octanol–water partition coefficient (Wildman–Crippen LogP) is 4.60. The van der Waals surface area contributed by atoms with Gasteiger partial charge in [-0.1, -0.05) is 17.7 Å². The van der Waals surface area contributed by atoms with Crippen LogP contribution < -0.4 is 14.8 Å². The fourth-order valence-corrected chi connectivity index (χ4v) is 3.70. The summed E-state index contributed by atoms with van der Waals surface area (Å²) in [6.45, 7) is 4.46. The molecule has 1 atom stereocenters. The summed E-state index contributed by atoms with van der Waals surface area (Å²) in [4.78, 5) is 13.5. The Balaban J connectivity index is 1.83. The lowest BCUT2D eigenvalue weighted by Gasteiger charge is -2.16. The third-order valence-electron chi connectivity index (χ3n) is 4.10. The van der Waals surface area contributed by atoms with Crippen molar-refractivity contribution in [2.24, 2.45) is 0 Å². The van der Waals surface area contributed by atoms with Gasteiger partial charge in [-0.15, -0.1) is 11.8 Å². The summed E-state index contributed by atoms with van der Waals surface area (Å²) in [5.74, 6) is 1.81. The molecule has 0 aromatic heterocycles. The van der Waals surface area contributed by atoms with E-state index in [0.717, 1.165) is 10.5 Å². The van der Waals surface area contributed by atoms with Crippen LogP contribution in [0.1, 0.15) is 19.4 Å². The van der Waals surface area contributed by atoms with Gasteiger partial charge in [0.05, 0.1) is 13.2 Å². The molecule has 0 saturated carbocycles. The molecule has 1 N–H and O–H groups in total. The first kappa shape index (κ1) is 23.4. The second-order valence-corrected chi connectivity index (χ2v) is 8.21. The van der Waals surface area contributed by atoms with Gasteiger partial charge in [-0.3, -0.25) is 4.79 Å². The Bertz CT molecular complexity index is 783. The van der Waals surface area contributed by atoms with E-state index in [9.17, 15) is 4.79 Å². The number of amides is 1. The van der Waals surface area contributed by atoms with E-state index in [2.05, 4.69) is 5.32 Å². The highest BCUT2D eigenvalue weighted by Gasteiger charge is 2.18. The fourth-order valence-electron chi connectivity index (χ4n) is 2.62. The van der Waals surface area contributed by atoms with Crippen LogP contribution in [0.25, 0.3) is 0 Å². The van der Waals surface area contributed by atoms with Crippen molar-refractivity contribution in [3.63, 3.8) is 0 Å². The number of benzene rings is 2. The third kappa shape index (κ3) is 7.80. The molecule has 0 aliphatic heterocycles. The second kappa shape index (κ2) is 12.0. The number of hydrogen-bond donors (Lipinski definition) is 1. The SMILES string of the molecule is COc1cc(CCNC(=O)C(CSc2ccc(Cl)cc2)OC)ccc1OC(C)C. The Morgan fingerprint density at radius 3 is 2.45 bits per heavy atom. The van der Waals surface area contributed by atoms with Gasteiger partial charge >= 0.3 is 0 Å². The minimum Gasteiger partial charge on any atom is -0.493 e. The molecule has 2 aromatic carbocycles. The molecule has 1 unspecified atom stereocenters. The molecule has 158 valence electrons. The van der Waals surface area contributed by atoms with Crippen LogP contribution >= 0.6 is 23.4 Å². The first-order valence-electron chi connectivity index (χ1n) is 9.45. The number of ether oxygens (including phenoxy) is 3. The maximum atomic E-state index is 12.4. The maximum Gasteiger partial charge on any atom is 0.250 e. The molecule has 29 heavy (non-hydrogen) atoms. The molecule has 0 radical (unpaired) electrons. The van der Waals surface area contributed by atoms with Gasteiger partial charge in [0.15, 0.2) is 11.5 Å². The zero-order valence-corrected chi connectivity index (χ0v) is 18.8. The molecule has 0 aliphatic rings. The van der Waals surface area contributed by atoms with Gasteiger partial charge in [0.1, 0.15) is 6.10 Å². The van der Waals surface area contributed by atoms with Gasteiger partial charge in [0, 0.05) is 29.3 Å². The number of nitrogens with one attached hydrogen (secondary N) is 1. The second-order valence-electron chi connectivity index (χ2n) is 6.68. The standard InChI is InChI=1S/C22H28ClNO4S/c1-15(2)28-19-10-5-16(13-20(19)26-3)11-12-24-22(25)21(27-4)14-29-18-8-6-17(23)7-9-18/h5-10,13,15,21H,11-12,14H2,1-4H3,(H,24,25). The molecule has 7 heteroatoms. The highest BCUT2D eigenvalue weighted by molar-refractivity contribution is 7.99. The predicted molar refractivity (Wildman–Crippen MR) is 118 cm³/mol. The van der Waals surface area contributed by atoms with Crippen molar-refractivity contribution in [1.82, 2.24) is 5.32 Å². The zero-order valence-electron chi connectivity index (χ0n) is 17.2. The number of thioether (sulfide) groups is 1. The van der Waals surface area contributed by atoms with E-state index in [-0.39, 0.29) is 12.0 Å². The van der Waals surface area contributed by atoms with Gasteiger partial charge in [-0.2, -0.15) is 0 Å².